The first-order valence-corrected chi connectivity index (χ1v) is 9.21. The van der Waals surface area contributed by atoms with E-state index < -0.39 is 21.9 Å². The maximum absolute atomic E-state index is 12.3. The molecule has 26 heavy (non-hydrogen) atoms. The molecule has 2 aromatic rings. The fourth-order valence-corrected chi connectivity index (χ4v) is 3.14. The van der Waals surface area contributed by atoms with Crippen LogP contribution in [0.25, 0.3) is 0 Å². The van der Waals surface area contributed by atoms with Gasteiger partial charge in [-0.25, -0.2) is 17.9 Å². The molecule has 7 nitrogen and oxygen atoms in total. The maximum Gasteiger partial charge on any atom is 0.328 e. The van der Waals surface area contributed by atoms with Gasteiger partial charge in [0.15, 0.2) is 0 Å². The van der Waals surface area contributed by atoms with Crippen molar-refractivity contribution in [1.82, 2.24) is 4.72 Å². The molecule has 8 heteroatoms. The van der Waals surface area contributed by atoms with Crippen molar-refractivity contribution in [2.45, 2.75) is 11.3 Å². The number of carbonyl (C=O) groups excluding carboxylic acids is 1. The number of carboxylic acid groups (broad SMARTS) is 1. The van der Waals surface area contributed by atoms with Gasteiger partial charge in [0.05, 0.1) is 4.90 Å². The van der Waals surface area contributed by atoms with Gasteiger partial charge >= 0.3 is 5.97 Å². The first-order chi connectivity index (χ1) is 12.4. The van der Waals surface area contributed by atoms with Gasteiger partial charge in [0.1, 0.15) is 0 Å². The lowest BCUT2D eigenvalue weighted by atomic mass is 10.2. The number of carbonyl (C=O) groups is 2. The van der Waals surface area contributed by atoms with Gasteiger partial charge < -0.3 is 10.4 Å². The van der Waals surface area contributed by atoms with Crippen LogP contribution in [-0.2, 0) is 26.0 Å². The van der Waals surface area contributed by atoms with Gasteiger partial charge in [0.2, 0.25) is 15.9 Å². The predicted octanol–water partition coefficient (Wildman–Crippen LogP) is 1.79. The third kappa shape index (κ3) is 6.15. The largest absolute Gasteiger partial charge is 0.478 e. The van der Waals surface area contributed by atoms with Crippen LogP contribution in [-0.4, -0.2) is 31.9 Å². The van der Waals surface area contributed by atoms with E-state index in [4.69, 9.17) is 5.11 Å². The summed E-state index contributed by atoms with van der Waals surface area (Å²) < 4.78 is 27.0. The van der Waals surface area contributed by atoms with Crippen LogP contribution in [0.3, 0.4) is 0 Å². The normalized spacial score (nSPS) is 11.4. The number of hydrogen-bond acceptors (Lipinski definition) is 4. The summed E-state index contributed by atoms with van der Waals surface area (Å²) in [5.41, 5.74) is 1.39. The molecule has 0 unspecified atom stereocenters. The molecule has 0 fully saturated rings. The lowest BCUT2D eigenvalue weighted by Gasteiger charge is -2.08. The highest BCUT2D eigenvalue weighted by atomic mass is 32.2. The molecule has 0 heterocycles. The Morgan fingerprint density at radius 2 is 1.62 bits per heavy atom. The zero-order chi connectivity index (χ0) is 19.0. The molecule has 0 bridgehead atoms. The zero-order valence-corrected chi connectivity index (χ0v) is 14.6. The van der Waals surface area contributed by atoms with Crippen molar-refractivity contribution >= 4 is 27.6 Å². The molecule has 0 aromatic heterocycles. The second kappa shape index (κ2) is 8.93. The molecule has 1 amide bonds. The first kappa shape index (κ1) is 19.4. The Labute approximate surface area is 151 Å². The van der Waals surface area contributed by atoms with E-state index in [1.165, 1.54) is 24.3 Å². The number of nitrogens with one attached hydrogen (secondary N) is 2. The summed E-state index contributed by atoms with van der Waals surface area (Å²) in [5, 5.41) is 10.9. The quantitative estimate of drug-likeness (QED) is 0.610. The highest BCUT2D eigenvalue weighted by Gasteiger charge is 2.13. The van der Waals surface area contributed by atoms with Gasteiger partial charge in [-0.15, -0.1) is 0 Å². The number of anilines is 1. The Kier molecular flexibility index (Phi) is 6.65. The van der Waals surface area contributed by atoms with Gasteiger partial charge in [0.25, 0.3) is 0 Å². The lowest BCUT2D eigenvalue weighted by molar-refractivity contribution is -0.131. The van der Waals surface area contributed by atoms with Gasteiger partial charge in [-0.05, 0) is 36.2 Å². The molecule has 0 aliphatic heterocycles. The SMILES string of the molecule is O=C(O)C=CC(=O)Nc1ccc(S(=O)(=O)NCCc2ccccc2)cc1. The number of carboxylic acids is 1. The van der Waals surface area contributed by atoms with Crippen LogP contribution in [0.2, 0.25) is 0 Å². The maximum atomic E-state index is 12.3. The molecule has 0 radical (unpaired) electrons. The van der Waals surface area contributed by atoms with E-state index >= 15 is 0 Å². The summed E-state index contributed by atoms with van der Waals surface area (Å²) in [7, 11) is -3.65. The average Bonchev–Trinajstić information content (AvgIpc) is 2.61. The van der Waals surface area contributed by atoms with Gasteiger partial charge in [-0.3, -0.25) is 4.79 Å². The zero-order valence-electron chi connectivity index (χ0n) is 13.8. The number of benzene rings is 2. The van der Waals surface area contributed by atoms with Crippen molar-refractivity contribution in [2.24, 2.45) is 0 Å². The molecule has 0 spiro atoms. The highest BCUT2D eigenvalue weighted by molar-refractivity contribution is 7.89. The second-order valence-electron chi connectivity index (χ2n) is 5.32. The number of rotatable bonds is 8. The number of hydrogen-bond donors (Lipinski definition) is 3. The summed E-state index contributed by atoms with van der Waals surface area (Å²) in [6, 6.07) is 15.1. The number of sulfonamides is 1. The molecule has 2 rings (SSSR count). The van der Waals surface area contributed by atoms with Crippen LogP contribution in [0.4, 0.5) is 5.69 Å². The van der Waals surface area contributed by atoms with E-state index in [0.29, 0.717) is 18.2 Å². The summed E-state index contributed by atoms with van der Waals surface area (Å²) in [5.74, 6) is -1.85. The third-order valence-corrected chi connectivity index (χ3v) is 4.83. The molecule has 0 aliphatic rings. The highest BCUT2D eigenvalue weighted by Crippen LogP contribution is 2.14. The molecule has 0 aliphatic carbocycles. The Hall–Kier alpha value is -2.97. The van der Waals surface area contributed by atoms with E-state index in [1.54, 1.807) is 0 Å². The fourth-order valence-electron chi connectivity index (χ4n) is 2.11. The molecule has 2 aromatic carbocycles. The van der Waals surface area contributed by atoms with Crippen LogP contribution in [0.5, 0.6) is 0 Å². The van der Waals surface area contributed by atoms with Crippen molar-refractivity contribution in [3.8, 4) is 0 Å². The summed E-state index contributed by atoms with van der Waals surface area (Å²) in [6.07, 6.45) is 2.16. The predicted molar refractivity (Wildman–Crippen MR) is 97.2 cm³/mol. The Bertz CT molecular complexity index is 891. The standard InChI is InChI=1S/C18H18N2O5S/c21-17(10-11-18(22)23)20-15-6-8-16(9-7-15)26(24,25)19-13-12-14-4-2-1-3-5-14/h1-11,19H,12-13H2,(H,20,21)(H,22,23). The van der Waals surface area contributed by atoms with Crippen LogP contribution in [0, 0.1) is 0 Å². The first-order valence-electron chi connectivity index (χ1n) is 7.72. The van der Waals surface area contributed by atoms with E-state index in [1.807, 2.05) is 30.3 Å². The van der Waals surface area contributed by atoms with Crippen molar-refractivity contribution in [3.63, 3.8) is 0 Å². The van der Waals surface area contributed by atoms with E-state index in [0.717, 1.165) is 11.6 Å². The molecule has 0 saturated carbocycles. The minimum Gasteiger partial charge on any atom is -0.478 e. The van der Waals surface area contributed by atoms with Crippen molar-refractivity contribution < 1.29 is 23.1 Å². The summed E-state index contributed by atoms with van der Waals surface area (Å²) in [6.45, 7) is 0.269. The smallest absolute Gasteiger partial charge is 0.328 e. The molecule has 0 atom stereocenters. The summed E-state index contributed by atoms with van der Waals surface area (Å²) in [4.78, 5) is 21.9. The molecular formula is C18H18N2O5S. The lowest BCUT2D eigenvalue weighted by Crippen LogP contribution is -2.26. The average molecular weight is 374 g/mol. The number of aliphatic carboxylic acids is 1. The second-order valence-corrected chi connectivity index (χ2v) is 7.09. The van der Waals surface area contributed by atoms with E-state index in [9.17, 15) is 18.0 Å². The van der Waals surface area contributed by atoms with Gasteiger partial charge in [-0.2, -0.15) is 0 Å². The number of amides is 1. The Morgan fingerprint density at radius 3 is 2.23 bits per heavy atom. The van der Waals surface area contributed by atoms with Gasteiger partial charge in [-0.1, -0.05) is 30.3 Å². The Balaban J connectivity index is 1.93. The third-order valence-electron chi connectivity index (χ3n) is 3.36. The minimum absolute atomic E-state index is 0.0737. The van der Waals surface area contributed by atoms with Crippen LogP contribution < -0.4 is 10.0 Å². The molecule has 0 saturated heterocycles. The van der Waals surface area contributed by atoms with Crippen molar-refractivity contribution in [3.05, 3.63) is 72.3 Å². The van der Waals surface area contributed by atoms with Crippen LogP contribution >= 0.6 is 0 Å². The summed E-state index contributed by atoms with van der Waals surface area (Å²) >= 11 is 0. The van der Waals surface area contributed by atoms with E-state index in [-0.39, 0.29) is 11.4 Å². The molecule has 3 N–H and O–H groups in total. The van der Waals surface area contributed by atoms with Gasteiger partial charge in [0, 0.05) is 24.4 Å². The molecular weight excluding hydrogens is 356 g/mol. The fraction of sp³-hybridized carbons (Fsp3) is 0.111. The van der Waals surface area contributed by atoms with E-state index in [2.05, 4.69) is 10.0 Å². The molecule has 136 valence electrons. The van der Waals surface area contributed by atoms with Crippen LogP contribution in [0.1, 0.15) is 5.56 Å². The minimum atomic E-state index is -3.65. The Morgan fingerprint density at radius 1 is 0.962 bits per heavy atom. The van der Waals surface area contributed by atoms with Crippen LogP contribution in [0.15, 0.2) is 71.6 Å². The van der Waals surface area contributed by atoms with Crippen molar-refractivity contribution in [2.75, 3.05) is 11.9 Å². The monoisotopic (exact) mass is 374 g/mol. The van der Waals surface area contributed by atoms with Crippen molar-refractivity contribution in [1.29, 1.82) is 0 Å². The topological polar surface area (TPSA) is 113 Å².